The van der Waals surface area contributed by atoms with Crippen molar-refractivity contribution in [3.8, 4) is 5.69 Å². The molecule has 2 N–H and O–H groups in total. The van der Waals surface area contributed by atoms with Crippen LogP contribution in [-0.4, -0.2) is 20.2 Å². The lowest BCUT2D eigenvalue weighted by Gasteiger charge is -2.05. The third kappa shape index (κ3) is 3.22. The van der Waals surface area contributed by atoms with Crippen LogP contribution >= 0.6 is 11.8 Å². The van der Waals surface area contributed by atoms with E-state index in [9.17, 15) is 0 Å². The Bertz CT molecular complexity index is 736. The van der Waals surface area contributed by atoms with Crippen LogP contribution in [0.2, 0.25) is 0 Å². The van der Waals surface area contributed by atoms with Crippen LogP contribution in [0.4, 0.5) is 5.69 Å². The van der Waals surface area contributed by atoms with Gasteiger partial charge in [-0.05, 0) is 41.1 Å². The molecule has 1 aromatic heterocycles. The van der Waals surface area contributed by atoms with Crippen LogP contribution in [0.5, 0.6) is 0 Å². The number of aryl methyl sites for hydroxylation is 1. The molecule has 2 aromatic carbocycles. The quantitative estimate of drug-likeness (QED) is 0.592. The molecule has 0 saturated heterocycles. The number of hydrogen-bond acceptors (Lipinski definition) is 5. The Kier molecular flexibility index (Phi) is 3.87. The Labute approximate surface area is 127 Å². The molecule has 0 spiro atoms. The Balaban J connectivity index is 1.78. The average molecular weight is 297 g/mol. The van der Waals surface area contributed by atoms with Crippen LogP contribution in [0.1, 0.15) is 11.1 Å². The molecular formula is C15H15N5S. The van der Waals surface area contributed by atoms with Gasteiger partial charge in [-0.3, -0.25) is 0 Å². The van der Waals surface area contributed by atoms with Crippen LogP contribution in [0.25, 0.3) is 5.69 Å². The van der Waals surface area contributed by atoms with Crippen molar-refractivity contribution in [3.63, 3.8) is 0 Å². The maximum Gasteiger partial charge on any atom is 0.214 e. The average Bonchev–Trinajstić information content (AvgIpc) is 2.95. The molecule has 6 heteroatoms. The van der Waals surface area contributed by atoms with E-state index >= 15 is 0 Å². The summed E-state index contributed by atoms with van der Waals surface area (Å²) in [5.74, 6) is 0.822. The van der Waals surface area contributed by atoms with E-state index in [0.717, 1.165) is 16.6 Å². The van der Waals surface area contributed by atoms with Crippen molar-refractivity contribution in [1.29, 1.82) is 0 Å². The molecule has 106 valence electrons. The molecule has 0 unspecified atom stereocenters. The molecule has 0 aliphatic rings. The van der Waals surface area contributed by atoms with Gasteiger partial charge in [0.2, 0.25) is 5.16 Å². The number of rotatable bonds is 4. The number of nitrogen functional groups attached to an aromatic ring is 1. The highest BCUT2D eigenvalue weighted by Gasteiger charge is 2.09. The van der Waals surface area contributed by atoms with Crippen LogP contribution in [0, 0.1) is 6.92 Å². The van der Waals surface area contributed by atoms with E-state index in [2.05, 4.69) is 46.7 Å². The first-order valence-corrected chi connectivity index (χ1v) is 7.53. The fourth-order valence-corrected chi connectivity index (χ4v) is 2.77. The van der Waals surface area contributed by atoms with Gasteiger partial charge in [0.05, 0.1) is 5.69 Å². The van der Waals surface area contributed by atoms with Gasteiger partial charge in [-0.2, -0.15) is 4.68 Å². The minimum atomic E-state index is 0.692. The van der Waals surface area contributed by atoms with E-state index in [1.165, 1.54) is 11.1 Å². The number of nitrogens with two attached hydrogens (primary N) is 1. The number of thioether (sulfide) groups is 1. The minimum Gasteiger partial charge on any atom is -0.399 e. The second kappa shape index (κ2) is 5.97. The van der Waals surface area contributed by atoms with Crippen LogP contribution < -0.4 is 5.73 Å². The van der Waals surface area contributed by atoms with Crippen molar-refractivity contribution in [2.24, 2.45) is 0 Å². The summed E-state index contributed by atoms with van der Waals surface area (Å²) in [4.78, 5) is 0. The van der Waals surface area contributed by atoms with Crippen molar-refractivity contribution in [2.45, 2.75) is 17.8 Å². The molecule has 5 nitrogen and oxygen atoms in total. The first-order chi connectivity index (χ1) is 10.2. The summed E-state index contributed by atoms with van der Waals surface area (Å²) in [5, 5.41) is 12.6. The van der Waals surface area contributed by atoms with E-state index in [1.54, 1.807) is 16.4 Å². The van der Waals surface area contributed by atoms with Gasteiger partial charge in [-0.1, -0.05) is 47.7 Å². The zero-order chi connectivity index (χ0) is 14.7. The van der Waals surface area contributed by atoms with Gasteiger partial charge in [-0.25, -0.2) is 0 Å². The topological polar surface area (TPSA) is 69.6 Å². The maximum absolute atomic E-state index is 5.81. The van der Waals surface area contributed by atoms with E-state index in [0.29, 0.717) is 5.69 Å². The third-order valence-electron chi connectivity index (χ3n) is 3.04. The normalized spacial score (nSPS) is 10.7. The Morgan fingerprint density at radius 1 is 1.14 bits per heavy atom. The molecule has 3 rings (SSSR count). The van der Waals surface area contributed by atoms with E-state index < -0.39 is 0 Å². The first kappa shape index (κ1) is 13.6. The number of benzene rings is 2. The Hall–Kier alpha value is -2.34. The molecule has 0 aliphatic carbocycles. The third-order valence-corrected chi connectivity index (χ3v) is 4.03. The van der Waals surface area contributed by atoms with Crippen molar-refractivity contribution in [3.05, 3.63) is 59.7 Å². The Morgan fingerprint density at radius 3 is 2.71 bits per heavy atom. The molecule has 0 saturated carbocycles. The maximum atomic E-state index is 5.81. The van der Waals surface area contributed by atoms with Gasteiger partial charge < -0.3 is 5.73 Å². The standard InChI is InChI=1S/C15H15N5S/c1-11-5-7-12(8-6-11)10-21-15-17-18-19-20(15)14-4-2-3-13(16)9-14/h2-9H,10,16H2,1H3. The van der Waals surface area contributed by atoms with Gasteiger partial charge >= 0.3 is 0 Å². The summed E-state index contributed by atoms with van der Waals surface area (Å²) in [6.45, 7) is 2.08. The van der Waals surface area contributed by atoms with E-state index in [1.807, 2.05) is 24.3 Å². The molecular weight excluding hydrogens is 282 g/mol. The molecule has 0 atom stereocenters. The predicted molar refractivity (Wildman–Crippen MR) is 84.3 cm³/mol. The zero-order valence-corrected chi connectivity index (χ0v) is 12.4. The van der Waals surface area contributed by atoms with Gasteiger partial charge in [0, 0.05) is 11.4 Å². The molecule has 0 amide bonds. The monoisotopic (exact) mass is 297 g/mol. The van der Waals surface area contributed by atoms with Gasteiger partial charge in [0.15, 0.2) is 0 Å². The lowest BCUT2D eigenvalue weighted by Crippen LogP contribution is -2.00. The lowest BCUT2D eigenvalue weighted by atomic mass is 10.2. The number of anilines is 1. The van der Waals surface area contributed by atoms with Crippen LogP contribution in [-0.2, 0) is 5.75 Å². The largest absolute Gasteiger partial charge is 0.399 e. The van der Waals surface area contributed by atoms with Crippen molar-refractivity contribution >= 4 is 17.4 Å². The predicted octanol–water partition coefficient (Wildman–Crippen LogP) is 2.85. The van der Waals surface area contributed by atoms with Crippen molar-refractivity contribution in [1.82, 2.24) is 20.2 Å². The number of hydrogen-bond donors (Lipinski definition) is 1. The smallest absolute Gasteiger partial charge is 0.214 e. The molecule has 0 radical (unpaired) electrons. The summed E-state index contributed by atoms with van der Waals surface area (Å²) in [6, 6.07) is 16.0. The van der Waals surface area contributed by atoms with Crippen molar-refractivity contribution in [2.75, 3.05) is 5.73 Å². The molecule has 1 heterocycles. The number of tetrazole rings is 1. The van der Waals surface area contributed by atoms with Crippen LogP contribution in [0.3, 0.4) is 0 Å². The lowest BCUT2D eigenvalue weighted by molar-refractivity contribution is 0.756. The molecule has 0 aliphatic heterocycles. The fraction of sp³-hybridized carbons (Fsp3) is 0.133. The van der Waals surface area contributed by atoms with Gasteiger partial charge in [0.25, 0.3) is 0 Å². The molecule has 0 bridgehead atoms. The highest BCUT2D eigenvalue weighted by atomic mass is 32.2. The highest BCUT2D eigenvalue weighted by molar-refractivity contribution is 7.98. The summed E-state index contributed by atoms with van der Waals surface area (Å²) < 4.78 is 1.70. The molecule has 0 fully saturated rings. The van der Waals surface area contributed by atoms with E-state index in [-0.39, 0.29) is 0 Å². The van der Waals surface area contributed by atoms with Gasteiger partial charge in [-0.15, -0.1) is 5.10 Å². The minimum absolute atomic E-state index is 0.692. The van der Waals surface area contributed by atoms with Gasteiger partial charge in [0.1, 0.15) is 0 Å². The summed E-state index contributed by atoms with van der Waals surface area (Å²) in [6.07, 6.45) is 0. The summed E-state index contributed by atoms with van der Waals surface area (Å²) >= 11 is 1.60. The zero-order valence-electron chi connectivity index (χ0n) is 11.6. The number of nitrogens with zero attached hydrogens (tertiary/aromatic N) is 4. The SMILES string of the molecule is Cc1ccc(CSc2nnnn2-c2cccc(N)c2)cc1. The summed E-state index contributed by atoms with van der Waals surface area (Å²) in [7, 11) is 0. The summed E-state index contributed by atoms with van der Waals surface area (Å²) in [5.41, 5.74) is 9.87. The second-order valence-corrected chi connectivity index (χ2v) is 5.69. The number of aromatic nitrogens is 4. The van der Waals surface area contributed by atoms with Crippen molar-refractivity contribution < 1.29 is 0 Å². The second-order valence-electron chi connectivity index (χ2n) is 4.74. The fourth-order valence-electron chi connectivity index (χ4n) is 1.92. The first-order valence-electron chi connectivity index (χ1n) is 6.55. The molecule has 3 aromatic rings. The Morgan fingerprint density at radius 2 is 1.95 bits per heavy atom. The van der Waals surface area contributed by atoms with E-state index in [4.69, 9.17) is 5.73 Å². The van der Waals surface area contributed by atoms with Crippen LogP contribution in [0.15, 0.2) is 53.7 Å². The molecule has 21 heavy (non-hydrogen) atoms. The highest BCUT2D eigenvalue weighted by Crippen LogP contribution is 2.23.